The third kappa shape index (κ3) is 3.82. The van der Waals surface area contributed by atoms with Crippen LogP contribution in [0.2, 0.25) is 0 Å². The topological polar surface area (TPSA) is 46.9 Å². The molecule has 0 heterocycles. The zero-order valence-electron chi connectivity index (χ0n) is 3.27. The predicted octanol–water partition coefficient (Wildman–Crippen LogP) is -0.356. The molecule has 0 aromatic rings. The quantitative estimate of drug-likeness (QED) is 0.280. The number of nitrogens with one attached hydrogen (secondary N) is 1. The molecule has 0 saturated heterocycles. The van der Waals surface area contributed by atoms with Crippen molar-refractivity contribution in [2.45, 2.75) is 6.42 Å². The van der Waals surface area contributed by atoms with Gasteiger partial charge in [-0.2, -0.15) is 12.6 Å². The summed E-state index contributed by atoms with van der Waals surface area (Å²) in [5.41, 5.74) is 0. The lowest BCUT2D eigenvalue weighted by atomic mass is 10.5. The van der Waals surface area contributed by atoms with Crippen LogP contribution < -0.4 is 5.11 Å². The second kappa shape index (κ2) is 3.03. The van der Waals surface area contributed by atoms with Gasteiger partial charge in [0.1, 0.15) is 0 Å². The minimum Gasteiger partial charge on any atom is -0.862 e. The van der Waals surface area contributed by atoms with Gasteiger partial charge in [-0.1, -0.05) is 0 Å². The highest BCUT2D eigenvalue weighted by Gasteiger charge is 1.72. The van der Waals surface area contributed by atoms with E-state index in [0.717, 1.165) is 0 Å². The van der Waals surface area contributed by atoms with Crippen LogP contribution in [-0.4, -0.2) is 11.7 Å². The molecule has 0 unspecified atom stereocenters. The van der Waals surface area contributed by atoms with Gasteiger partial charge in [0.2, 0.25) is 0 Å². The standard InChI is InChI=1S/C3H7NOS/c4-3(5)1-2-6/h6H,1-2H2,(H2,4,5)/p-1. The second-order valence-corrected chi connectivity index (χ2v) is 1.34. The van der Waals surface area contributed by atoms with E-state index in [1.54, 1.807) is 0 Å². The summed E-state index contributed by atoms with van der Waals surface area (Å²) in [6.45, 7) is 0. The highest BCUT2D eigenvalue weighted by Crippen LogP contribution is 1.77. The van der Waals surface area contributed by atoms with E-state index in [2.05, 4.69) is 12.6 Å². The van der Waals surface area contributed by atoms with Crippen LogP contribution in [0.25, 0.3) is 0 Å². The van der Waals surface area contributed by atoms with Gasteiger partial charge in [0.05, 0.1) is 0 Å². The minimum atomic E-state index is -0.537. The minimum absolute atomic E-state index is 0.267. The zero-order chi connectivity index (χ0) is 4.99. The molecule has 1 N–H and O–H groups in total. The fourth-order valence-electron chi connectivity index (χ4n) is 0.102. The Hall–Kier alpha value is -0.180. The summed E-state index contributed by atoms with van der Waals surface area (Å²) in [5.74, 6) is -0.0486. The molecule has 6 heavy (non-hydrogen) atoms. The molecule has 0 bridgehead atoms. The Kier molecular flexibility index (Phi) is 2.94. The Labute approximate surface area is 42.1 Å². The summed E-state index contributed by atoms with van der Waals surface area (Å²) in [7, 11) is 0. The van der Waals surface area contributed by atoms with Crippen LogP contribution in [0, 0.1) is 5.41 Å². The maximum absolute atomic E-state index is 9.66. The molecular weight excluding hydrogens is 98.1 g/mol. The third-order valence-electron chi connectivity index (χ3n) is 0.339. The molecule has 0 aromatic heterocycles. The summed E-state index contributed by atoms with van der Waals surface area (Å²) in [5, 5.41) is 16.0. The molecule has 0 aliphatic heterocycles. The van der Waals surface area contributed by atoms with E-state index in [9.17, 15) is 5.11 Å². The summed E-state index contributed by atoms with van der Waals surface area (Å²) in [4.78, 5) is 0. The van der Waals surface area contributed by atoms with Gasteiger partial charge in [-0.15, -0.1) is 0 Å². The number of hydrogen-bond donors (Lipinski definition) is 2. The lowest BCUT2D eigenvalue weighted by Gasteiger charge is -2.00. The number of rotatable bonds is 2. The van der Waals surface area contributed by atoms with Crippen molar-refractivity contribution in [2.24, 2.45) is 0 Å². The average molecular weight is 104 g/mol. The van der Waals surface area contributed by atoms with Crippen molar-refractivity contribution < 1.29 is 5.11 Å². The first-order valence-electron chi connectivity index (χ1n) is 1.62. The van der Waals surface area contributed by atoms with Crippen molar-refractivity contribution in [1.29, 1.82) is 5.41 Å². The van der Waals surface area contributed by atoms with E-state index >= 15 is 0 Å². The van der Waals surface area contributed by atoms with Gasteiger partial charge < -0.3 is 10.5 Å². The largest absolute Gasteiger partial charge is 0.862 e. The Morgan fingerprint density at radius 1 is 1.83 bits per heavy atom. The molecule has 0 spiro atoms. The van der Waals surface area contributed by atoms with Crippen LogP contribution in [0.3, 0.4) is 0 Å². The maximum atomic E-state index is 9.66. The van der Waals surface area contributed by atoms with Gasteiger partial charge in [-0.05, 0) is 18.1 Å². The Morgan fingerprint density at radius 3 is 2.33 bits per heavy atom. The van der Waals surface area contributed by atoms with Gasteiger partial charge in [-0.3, -0.25) is 0 Å². The Balaban J connectivity index is 2.83. The van der Waals surface area contributed by atoms with Gasteiger partial charge in [0.15, 0.2) is 0 Å². The summed E-state index contributed by atoms with van der Waals surface area (Å²) >= 11 is 3.72. The highest BCUT2D eigenvalue weighted by atomic mass is 32.1. The van der Waals surface area contributed by atoms with Crippen LogP contribution in [0.5, 0.6) is 0 Å². The van der Waals surface area contributed by atoms with Crippen LogP contribution in [0.15, 0.2) is 0 Å². The summed E-state index contributed by atoms with van der Waals surface area (Å²) in [6, 6.07) is 0. The molecule has 0 fully saturated rings. The summed E-state index contributed by atoms with van der Waals surface area (Å²) < 4.78 is 0. The van der Waals surface area contributed by atoms with Crippen molar-refractivity contribution >= 4 is 18.5 Å². The Bertz CT molecular complexity index is 54.8. The van der Waals surface area contributed by atoms with E-state index in [-0.39, 0.29) is 6.42 Å². The monoisotopic (exact) mass is 104 g/mol. The number of thiol groups is 1. The molecule has 0 radical (unpaired) electrons. The lowest BCUT2D eigenvalue weighted by Crippen LogP contribution is -2.15. The van der Waals surface area contributed by atoms with Gasteiger partial charge in [-0.25, -0.2) is 0 Å². The van der Waals surface area contributed by atoms with Crippen molar-refractivity contribution in [3.63, 3.8) is 0 Å². The molecule has 0 rings (SSSR count). The van der Waals surface area contributed by atoms with Gasteiger partial charge in [0, 0.05) is 0 Å². The molecule has 0 amide bonds. The summed E-state index contributed by atoms with van der Waals surface area (Å²) in [6.07, 6.45) is 0.267. The van der Waals surface area contributed by atoms with E-state index < -0.39 is 5.90 Å². The first-order valence-corrected chi connectivity index (χ1v) is 2.26. The van der Waals surface area contributed by atoms with E-state index in [0.29, 0.717) is 5.75 Å². The average Bonchev–Trinajstić information content (AvgIpc) is 1.35. The van der Waals surface area contributed by atoms with Crippen LogP contribution in [0.1, 0.15) is 6.42 Å². The normalized spacial score (nSPS) is 8.17. The molecule has 36 valence electrons. The van der Waals surface area contributed by atoms with Crippen molar-refractivity contribution in [1.82, 2.24) is 0 Å². The highest BCUT2D eigenvalue weighted by molar-refractivity contribution is 7.80. The van der Waals surface area contributed by atoms with E-state index in [1.165, 1.54) is 0 Å². The zero-order valence-corrected chi connectivity index (χ0v) is 4.16. The molecule has 2 nitrogen and oxygen atoms in total. The Morgan fingerprint density at radius 2 is 2.33 bits per heavy atom. The molecular formula is C3H6NOS-. The molecule has 3 heteroatoms. The predicted molar refractivity (Wildman–Crippen MR) is 26.2 cm³/mol. The SMILES string of the molecule is N=C([O-])CCS. The second-order valence-electron chi connectivity index (χ2n) is 0.897. The van der Waals surface area contributed by atoms with E-state index in [4.69, 9.17) is 5.41 Å². The number of hydrogen-bond acceptors (Lipinski definition) is 3. The smallest absolute Gasteiger partial charge is 0.00545 e. The molecule has 0 saturated carbocycles. The van der Waals surface area contributed by atoms with Crippen LogP contribution in [0.4, 0.5) is 0 Å². The fraction of sp³-hybridized carbons (Fsp3) is 0.667. The maximum Gasteiger partial charge on any atom is -0.00545 e. The van der Waals surface area contributed by atoms with Gasteiger partial charge >= 0.3 is 0 Å². The van der Waals surface area contributed by atoms with Gasteiger partial charge in [0.25, 0.3) is 0 Å². The van der Waals surface area contributed by atoms with Crippen LogP contribution >= 0.6 is 12.6 Å². The molecule has 0 aliphatic carbocycles. The van der Waals surface area contributed by atoms with Crippen LogP contribution in [-0.2, 0) is 0 Å². The lowest BCUT2D eigenvalue weighted by molar-refractivity contribution is -0.219. The van der Waals surface area contributed by atoms with E-state index in [1.807, 2.05) is 0 Å². The fourth-order valence-corrected chi connectivity index (χ4v) is 0.305. The van der Waals surface area contributed by atoms with Crippen molar-refractivity contribution in [2.75, 3.05) is 5.75 Å². The molecule has 0 atom stereocenters. The van der Waals surface area contributed by atoms with Crippen molar-refractivity contribution in [3.8, 4) is 0 Å². The third-order valence-corrected chi connectivity index (χ3v) is 0.562. The molecule has 0 aliphatic rings. The molecule has 0 aromatic carbocycles. The first-order chi connectivity index (χ1) is 2.77. The first kappa shape index (κ1) is 5.82. The van der Waals surface area contributed by atoms with Crippen molar-refractivity contribution in [3.05, 3.63) is 0 Å².